The Morgan fingerprint density at radius 1 is 0.964 bits per heavy atom. The van der Waals surface area contributed by atoms with E-state index in [1.807, 2.05) is 30.3 Å². The van der Waals surface area contributed by atoms with Crippen LogP contribution in [0, 0.1) is 5.92 Å². The maximum atomic E-state index is 10.6. The maximum Gasteiger partial charge on any atom is 0.139 e. The Morgan fingerprint density at radius 2 is 1.75 bits per heavy atom. The van der Waals surface area contributed by atoms with Crippen LogP contribution < -0.4 is 0 Å². The van der Waals surface area contributed by atoms with Gasteiger partial charge in [-0.3, -0.25) is 9.88 Å². The maximum absolute atomic E-state index is 10.6. The number of furan rings is 1. The molecule has 0 unspecified atom stereocenters. The van der Waals surface area contributed by atoms with Crippen molar-refractivity contribution in [3.63, 3.8) is 0 Å². The van der Waals surface area contributed by atoms with Crippen LogP contribution in [0.4, 0.5) is 0 Å². The van der Waals surface area contributed by atoms with Crippen LogP contribution in [0.1, 0.15) is 30.2 Å². The molecule has 5 rings (SSSR count). The summed E-state index contributed by atoms with van der Waals surface area (Å²) in [5, 5.41) is 13.0. The van der Waals surface area contributed by atoms with Gasteiger partial charge in [-0.2, -0.15) is 0 Å². The van der Waals surface area contributed by atoms with E-state index in [1.165, 1.54) is 16.3 Å². The van der Waals surface area contributed by atoms with Crippen LogP contribution in [0.15, 0.2) is 71.3 Å². The first kappa shape index (κ1) is 17.4. The molecule has 1 fully saturated rings. The summed E-state index contributed by atoms with van der Waals surface area (Å²) >= 11 is 0. The van der Waals surface area contributed by atoms with E-state index in [-0.39, 0.29) is 5.92 Å². The largest absolute Gasteiger partial charge is 0.456 e. The summed E-state index contributed by atoms with van der Waals surface area (Å²) in [5.41, 5.74) is 3.96. The quantitative estimate of drug-likeness (QED) is 0.552. The number of aromatic nitrogens is 1. The molecule has 4 heteroatoms. The predicted molar refractivity (Wildman–Crippen MR) is 111 cm³/mol. The third-order valence-electron chi connectivity index (χ3n) is 5.95. The highest BCUT2D eigenvalue weighted by atomic mass is 16.3. The molecule has 28 heavy (non-hydrogen) atoms. The zero-order valence-electron chi connectivity index (χ0n) is 15.8. The van der Waals surface area contributed by atoms with Crippen molar-refractivity contribution in [2.75, 3.05) is 13.1 Å². The number of pyridine rings is 1. The van der Waals surface area contributed by atoms with Gasteiger partial charge < -0.3 is 9.52 Å². The molecule has 2 aromatic carbocycles. The second kappa shape index (κ2) is 7.38. The second-order valence-electron chi connectivity index (χ2n) is 7.71. The zero-order valence-corrected chi connectivity index (χ0v) is 15.8. The summed E-state index contributed by atoms with van der Waals surface area (Å²) in [6.45, 7) is 2.83. The fourth-order valence-electron chi connectivity index (χ4n) is 4.39. The lowest BCUT2D eigenvalue weighted by Crippen LogP contribution is -2.35. The lowest BCUT2D eigenvalue weighted by Gasteiger charge is -2.34. The molecule has 0 saturated carbocycles. The minimum atomic E-state index is -0.470. The van der Waals surface area contributed by atoms with E-state index in [2.05, 4.69) is 40.2 Å². The van der Waals surface area contributed by atoms with Gasteiger partial charge in [-0.15, -0.1) is 0 Å². The molecule has 1 aliphatic rings. The normalized spacial score (nSPS) is 17.3. The van der Waals surface area contributed by atoms with Gasteiger partial charge in [0.15, 0.2) is 0 Å². The van der Waals surface area contributed by atoms with Gasteiger partial charge in [0.05, 0.1) is 11.8 Å². The molecule has 4 nitrogen and oxygen atoms in total. The fraction of sp³-hybridized carbons (Fsp3) is 0.292. The first-order chi connectivity index (χ1) is 13.8. The van der Waals surface area contributed by atoms with Crippen molar-refractivity contribution in [3.8, 4) is 0 Å². The standard InChI is InChI=1S/C24H24N2O2/c27-23(21-9-3-4-13-25-21)17-11-14-26(15-12-17)16-18-6-5-8-20-19-7-1-2-10-22(19)28-24(18)20/h1-10,13,17,23,27H,11-12,14-16H2/t23-/m1/s1. The number of rotatable bonds is 4. The average Bonchev–Trinajstić information content (AvgIpc) is 3.14. The molecule has 1 atom stereocenters. The summed E-state index contributed by atoms with van der Waals surface area (Å²) in [5.74, 6) is 0.271. The Bertz CT molecular complexity index is 1080. The van der Waals surface area contributed by atoms with Gasteiger partial charge in [-0.1, -0.05) is 42.5 Å². The number of aliphatic hydroxyl groups is 1. The third-order valence-corrected chi connectivity index (χ3v) is 5.95. The molecular formula is C24H24N2O2. The Kier molecular flexibility index (Phi) is 4.59. The number of likely N-dealkylation sites (tertiary alicyclic amines) is 1. The molecule has 4 aromatic rings. The summed E-state index contributed by atoms with van der Waals surface area (Å²) in [7, 11) is 0. The van der Waals surface area contributed by atoms with Crippen LogP contribution in [-0.2, 0) is 6.54 Å². The topological polar surface area (TPSA) is 49.5 Å². The highest BCUT2D eigenvalue weighted by molar-refractivity contribution is 6.05. The molecule has 0 radical (unpaired) electrons. The smallest absolute Gasteiger partial charge is 0.139 e. The zero-order chi connectivity index (χ0) is 18.9. The first-order valence-electron chi connectivity index (χ1n) is 10.00. The minimum Gasteiger partial charge on any atom is -0.456 e. The van der Waals surface area contributed by atoms with Crippen LogP contribution in [0.3, 0.4) is 0 Å². The fourth-order valence-corrected chi connectivity index (χ4v) is 4.39. The number of para-hydroxylation sites is 2. The van der Waals surface area contributed by atoms with Gasteiger partial charge in [-0.05, 0) is 50.0 Å². The Hall–Kier alpha value is -2.69. The van der Waals surface area contributed by atoms with Crippen molar-refractivity contribution in [3.05, 3.63) is 78.1 Å². The van der Waals surface area contributed by atoms with Crippen LogP contribution >= 0.6 is 0 Å². The Balaban J connectivity index is 1.30. The van der Waals surface area contributed by atoms with Crippen molar-refractivity contribution in [2.45, 2.75) is 25.5 Å². The monoisotopic (exact) mass is 372 g/mol. The van der Waals surface area contributed by atoms with Crippen molar-refractivity contribution >= 4 is 21.9 Å². The molecular weight excluding hydrogens is 348 g/mol. The van der Waals surface area contributed by atoms with Crippen LogP contribution in [-0.4, -0.2) is 28.1 Å². The van der Waals surface area contributed by atoms with Crippen LogP contribution in [0.2, 0.25) is 0 Å². The number of hydrogen-bond acceptors (Lipinski definition) is 4. The lowest BCUT2D eigenvalue weighted by molar-refractivity contribution is 0.0540. The SMILES string of the molecule is O[C@@H](c1ccccn1)C1CCN(Cc2cccc3c2oc2ccccc23)CC1. The summed E-state index contributed by atoms with van der Waals surface area (Å²) < 4.78 is 6.17. The summed E-state index contributed by atoms with van der Waals surface area (Å²) in [4.78, 5) is 6.78. The van der Waals surface area contributed by atoms with E-state index in [0.29, 0.717) is 0 Å². The van der Waals surface area contributed by atoms with E-state index >= 15 is 0 Å². The molecule has 1 saturated heterocycles. The van der Waals surface area contributed by atoms with Crippen LogP contribution in [0.5, 0.6) is 0 Å². The first-order valence-corrected chi connectivity index (χ1v) is 10.00. The van der Waals surface area contributed by atoms with Crippen molar-refractivity contribution in [2.24, 2.45) is 5.92 Å². The Labute approximate surface area is 164 Å². The number of fused-ring (bicyclic) bond motifs is 3. The van der Waals surface area contributed by atoms with E-state index in [4.69, 9.17) is 4.42 Å². The van der Waals surface area contributed by atoms with Gasteiger partial charge in [-0.25, -0.2) is 0 Å². The van der Waals surface area contributed by atoms with Gasteiger partial charge in [0.1, 0.15) is 11.2 Å². The van der Waals surface area contributed by atoms with E-state index in [9.17, 15) is 5.11 Å². The van der Waals surface area contributed by atoms with Gasteiger partial charge >= 0.3 is 0 Å². The number of benzene rings is 2. The van der Waals surface area contributed by atoms with Gasteiger partial charge in [0.25, 0.3) is 0 Å². The van der Waals surface area contributed by atoms with E-state index < -0.39 is 6.10 Å². The second-order valence-corrected chi connectivity index (χ2v) is 7.71. The molecule has 2 aromatic heterocycles. The summed E-state index contributed by atoms with van der Waals surface area (Å²) in [6, 6.07) is 20.4. The molecule has 0 aliphatic carbocycles. The highest BCUT2D eigenvalue weighted by Gasteiger charge is 2.27. The number of hydrogen-bond donors (Lipinski definition) is 1. The molecule has 0 bridgehead atoms. The highest BCUT2D eigenvalue weighted by Crippen LogP contribution is 2.33. The number of piperidine rings is 1. The molecule has 0 amide bonds. The number of aliphatic hydroxyl groups excluding tert-OH is 1. The molecule has 142 valence electrons. The lowest BCUT2D eigenvalue weighted by atomic mass is 9.89. The number of nitrogens with zero attached hydrogens (tertiary/aromatic N) is 2. The van der Waals surface area contributed by atoms with Crippen molar-refractivity contribution in [1.82, 2.24) is 9.88 Å². The van der Waals surface area contributed by atoms with Crippen LogP contribution in [0.25, 0.3) is 21.9 Å². The third kappa shape index (κ3) is 3.19. The minimum absolute atomic E-state index is 0.271. The molecule has 1 N–H and O–H groups in total. The van der Waals surface area contributed by atoms with Crippen molar-refractivity contribution in [1.29, 1.82) is 0 Å². The van der Waals surface area contributed by atoms with Gasteiger partial charge in [0.2, 0.25) is 0 Å². The van der Waals surface area contributed by atoms with Crippen molar-refractivity contribution < 1.29 is 9.52 Å². The van der Waals surface area contributed by atoms with E-state index in [1.54, 1.807) is 6.20 Å². The molecule has 0 spiro atoms. The Morgan fingerprint density at radius 3 is 2.57 bits per heavy atom. The van der Waals surface area contributed by atoms with Gasteiger partial charge in [0, 0.05) is 29.1 Å². The average molecular weight is 372 g/mol. The van der Waals surface area contributed by atoms with E-state index in [0.717, 1.165) is 49.3 Å². The predicted octanol–water partition coefficient (Wildman–Crippen LogP) is 4.93. The molecule has 3 heterocycles. The summed E-state index contributed by atoms with van der Waals surface area (Å²) in [6.07, 6.45) is 3.24. The molecule has 1 aliphatic heterocycles.